The topological polar surface area (TPSA) is 70.0 Å². The van der Waals surface area contributed by atoms with Gasteiger partial charge in [-0.15, -0.1) is 11.3 Å². The molecular weight excluding hydrogens is 424 g/mol. The number of amidine groups is 1. The lowest BCUT2D eigenvalue weighted by atomic mass is 9.92. The fourth-order valence-electron chi connectivity index (χ4n) is 4.44. The van der Waals surface area contributed by atoms with E-state index in [2.05, 4.69) is 43.9 Å². The highest BCUT2D eigenvalue weighted by molar-refractivity contribution is 7.93. The van der Waals surface area contributed by atoms with Crippen LogP contribution in [-0.4, -0.2) is 30.3 Å². The molecule has 0 radical (unpaired) electrons. The summed E-state index contributed by atoms with van der Waals surface area (Å²) in [5, 5.41) is 12.6. The van der Waals surface area contributed by atoms with E-state index < -0.39 is 20.1 Å². The maximum atomic E-state index is 12.8. The zero-order chi connectivity index (χ0) is 22.8. The molecular formula is C25H32N2O2S2. The van der Waals surface area contributed by atoms with E-state index in [1.807, 2.05) is 19.1 Å². The third-order valence-electron chi connectivity index (χ3n) is 7.52. The molecule has 0 amide bonds. The minimum absolute atomic E-state index is 0.0197. The molecule has 2 heterocycles. The van der Waals surface area contributed by atoms with Gasteiger partial charge in [-0.25, -0.2) is 8.42 Å². The van der Waals surface area contributed by atoms with E-state index in [4.69, 9.17) is 5.41 Å². The van der Waals surface area contributed by atoms with Gasteiger partial charge in [-0.3, -0.25) is 5.41 Å². The summed E-state index contributed by atoms with van der Waals surface area (Å²) in [6.45, 7) is 13.5. The van der Waals surface area contributed by atoms with Crippen LogP contribution in [0.15, 0.2) is 36.4 Å². The number of fused-ring (bicyclic) bond motifs is 1. The Balaban J connectivity index is 1.62. The van der Waals surface area contributed by atoms with Gasteiger partial charge >= 0.3 is 0 Å². The number of aryl methyl sites for hydroxylation is 1. The number of hydrogen-bond donors (Lipinski definition) is 2. The predicted molar refractivity (Wildman–Crippen MR) is 133 cm³/mol. The Morgan fingerprint density at radius 1 is 1.29 bits per heavy atom. The molecule has 1 aromatic heterocycles. The van der Waals surface area contributed by atoms with E-state index in [1.165, 1.54) is 40.5 Å². The largest absolute Gasteiger partial charge is 0.362 e. The van der Waals surface area contributed by atoms with Crippen molar-refractivity contribution >= 4 is 43.2 Å². The number of hydrogen-bond acceptors (Lipinski definition) is 4. The number of benzene rings is 1. The van der Waals surface area contributed by atoms with E-state index in [1.54, 1.807) is 25.2 Å². The zero-order valence-corrected chi connectivity index (χ0v) is 20.7. The highest BCUT2D eigenvalue weighted by Gasteiger charge is 2.50. The van der Waals surface area contributed by atoms with Crippen LogP contribution in [0.1, 0.15) is 63.0 Å². The first-order chi connectivity index (χ1) is 14.4. The molecule has 2 N–H and O–H groups in total. The monoisotopic (exact) mass is 456 g/mol. The molecule has 166 valence electrons. The first-order valence-electron chi connectivity index (χ1n) is 10.9. The van der Waals surface area contributed by atoms with Gasteiger partial charge in [0.2, 0.25) is 0 Å². The van der Waals surface area contributed by atoms with Gasteiger partial charge in [-0.2, -0.15) is 0 Å². The molecule has 0 spiro atoms. The van der Waals surface area contributed by atoms with Crippen molar-refractivity contribution in [2.75, 3.05) is 5.75 Å². The van der Waals surface area contributed by atoms with Crippen molar-refractivity contribution in [1.29, 1.82) is 5.41 Å². The summed E-state index contributed by atoms with van der Waals surface area (Å²) in [5.74, 6) is -0.0572. The Morgan fingerprint density at radius 3 is 2.55 bits per heavy atom. The molecule has 0 unspecified atom stereocenters. The summed E-state index contributed by atoms with van der Waals surface area (Å²) < 4.78 is 25.7. The summed E-state index contributed by atoms with van der Waals surface area (Å²) in [7, 11) is -3.47. The maximum absolute atomic E-state index is 12.8. The van der Waals surface area contributed by atoms with Crippen LogP contribution in [0.5, 0.6) is 0 Å². The summed E-state index contributed by atoms with van der Waals surface area (Å²) >= 11 is 1.77. The molecule has 1 aliphatic carbocycles. The lowest BCUT2D eigenvalue weighted by Gasteiger charge is -2.43. The Bertz CT molecular complexity index is 1230. The normalized spacial score (nSPS) is 26.2. The third kappa shape index (κ3) is 3.48. The van der Waals surface area contributed by atoms with Gasteiger partial charge in [-0.05, 0) is 86.6 Å². The molecule has 2 fully saturated rings. The minimum Gasteiger partial charge on any atom is -0.362 e. The van der Waals surface area contributed by atoms with Gasteiger partial charge in [0.15, 0.2) is 9.84 Å². The number of thiophene rings is 1. The second kappa shape index (κ2) is 7.04. The van der Waals surface area contributed by atoms with Crippen LogP contribution in [0.4, 0.5) is 0 Å². The van der Waals surface area contributed by atoms with Gasteiger partial charge in [0.25, 0.3) is 0 Å². The van der Waals surface area contributed by atoms with Gasteiger partial charge in [0.1, 0.15) is 10.6 Å². The Kier molecular flexibility index (Phi) is 5.06. The number of nitrogens with one attached hydrogen (secondary N) is 2. The van der Waals surface area contributed by atoms with Crippen LogP contribution >= 0.6 is 11.3 Å². The summed E-state index contributed by atoms with van der Waals surface area (Å²) in [6, 6.07) is 6.89. The van der Waals surface area contributed by atoms with Gasteiger partial charge in [0, 0.05) is 9.58 Å². The average Bonchev–Trinajstić information content (AvgIpc) is 3.43. The second-order valence-electron chi connectivity index (χ2n) is 9.90. The summed E-state index contributed by atoms with van der Waals surface area (Å²) in [6.07, 6.45) is 7.70. The third-order valence-corrected chi connectivity index (χ3v) is 11.5. The molecule has 31 heavy (non-hydrogen) atoms. The molecule has 0 bridgehead atoms. The van der Waals surface area contributed by atoms with Crippen LogP contribution in [0.3, 0.4) is 0 Å². The quantitative estimate of drug-likeness (QED) is 0.563. The van der Waals surface area contributed by atoms with Crippen molar-refractivity contribution in [2.24, 2.45) is 0 Å². The standard InChI is InChI=1S/C25H32N2O2S2/c1-7-25(12-13-25)18-9-10-19-17(3)20(30-21(19)14-18)11-8-16(2)24(6)15-31(28,29)23(4,5)22(26)27-24/h8-11,14H,2,7,12-13,15H2,1,3-6H3,(H2,26,27)/b11-8-/t24-/m0/s1. The van der Waals surface area contributed by atoms with Crippen molar-refractivity contribution in [1.82, 2.24) is 5.32 Å². The lowest BCUT2D eigenvalue weighted by molar-refractivity contribution is 0.488. The molecule has 1 aromatic carbocycles. The summed E-state index contributed by atoms with van der Waals surface area (Å²) in [5.41, 5.74) is 2.85. The van der Waals surface area contributed by atoms with E-state index in [9.17, 15) is 8.42 Å². The van der Waals surface area contributed by atoms with Crippen molar-refractivity contribution in [3.8, 4) is 0 Å². The first-order valence-corrected chi connectivity index (χ1v) is 13.3. The smallest absolute Gasteiger partial charge is 0.165 e. The maximum Gasteiger partial charge on any atom is 0.165 e. The van der Waals surface area contributed by atoms with E-state index >= 15 is 0 Å². The Hall–Kier alpha value is -1.92. The molecule has 1 saturated carbocycles. The minimum atomic E-state index is -3.47. The molecule has 2 aromatic rings. The van der Waals surface area contributed by atoms with E-state index in [0.717, 1.165) is 4.88 Å². The van der Waals surface area contributed by atoms with E-state index in [-0.39, 0.29) is 11.6 Å². The molecule has 1 aliphatic heterocycles. The van der Waals surface area contributed by atoms with Gasteiger partial charge < -0.3 is 5.32 Å². The van der Waals surface area contributed by atoms with E-state index in [0.29, 0.717) is 11.0 Å². The molecule has 1 saturated heterocycles. The first kappa shape index (κ1) is 22.3. The number of sulfone groups is 1. The van der Waals surface area contributed by atoms with Crippen LogP contribution in [0, 0.1) is 12.3 Å². The molecule has 4 nitrogen and oxygen atoms in total. The molecule has 6 heteroatoms. The zero-order valence-electron chi connectivity index (χ0n) is 19.1. The van der Waals surface area contributed by atoms with Crippen molar-refractivity contribution in [3.05, 3.63) is 52.4 Å². The number of rotatable bonds is 5. The second-order valence-corrected chi connectivity index (χ2v) is 13.5. The van der Waals surface area contributed by atoms with Crippen molar-refractivity contribution in [2.45, 2.75) is 69.6 Å². The molecule has 2 aliphatic rings. The highest BCUT2D eigenvalue weighted by atomic mass is 32.2. The van der Waals surface area contributed by atoms with Crippen LogP contribution < -0.4 is 5.32 Å². The fraction of sp³-hybridized carbons (Fsp3) is 0.480. The van der Waals surface area contributed by atoms with Crippen LogP contribution in [0.2, 0.25) is 0 Å². The average molecular weight is 457 g/mol. The Labute approximate surface area is 189 Å². The Morgan fingerprint density at radius 2 is 1.97 bits per heavy atom. The van der Waals surface area contributed by atoms with Gasteiger partial charge in [-0.1, -0.05) is 31.7 Å². The lowest BCUT2D eigenvalue weighted by Crippen LogP contribution is -2.65. The van der Waals surface area contributed by atoms with Crippen molar-refractivity contribution < 1.29 is 8.42 Å². The van der Waals surface area contributed by atoms with Gasteiger partial charge in [0.05, 0.1) is 11.3 Å². The molecule has 4 rings (SSSR count). The van der Waals surface area contributed by atoms with Crippen LogP contribution in [-0.2, 0) is 15.3 Å². The summed E-state index contributed by atoms with van der Waals surface area (Å²) in [4.78, 5) is 1.16. The SMILES string of the molecule is C=C(/C=C\c1sc2cc(C3(CC)CC3)ccc2c1C)[C@]1(C)CS(=O)(=O)C(C)(C)C(=N)N1. The molecule has 1 atom stereocenters. The predicted octanol–water partition coefficient (Wildman–Crippen LogP) is 5.75. The van der Waals surface area contributed by atoms with Crippen LogP contribution in [0.25, 0.3) is 16.2 Å². The highest BCUT2D eigenvalue weighted by Crippen LogP contribution is 2.51. The fourth-order valence-corrected chi connectivity index (χ4v) is 7.34. The van der Waals surface area contributed by atoms with Crippen molar-refractivity contribution in [3.63, 3.8) is 0 Å².